The second kappa shape index (κ2) is 10.4. The van der Waals surface area contributed by atoms with Crippen LogP contribution in [0.25, 0.3) is 0 Å². The minimum absolute atomic E-state index is 0.0504. The third-order valence-electron chi connectivity index (χ3n) is 6.83. The average molecular weight is 461 g/mol. The van der Waals surface area contributed by atoms with Crippen molar-refractivity contribution in [1.29, 1.82) is 0 Å². The van der Waals surface area contributed by atoms with Crippen LogP contribution in [0, 0.1) is 5.92 Å². The Balaban J connectivity index is 1.16. The lowest BCUT2D eigenvalue weighted by Crippen LogP contribution is -2.53. The Hall–Kier alpha value is -0.820. The summed E-state index contributed by atoms with van der Waals surface area (Å²) < 4.78 is 45.9. The van der Waals surface area contributed by atoms with Crippen LogP contribution in [0.4, 0.5) is 0 Å². The number of piperidine rings is 2. The predicted molar refractivity (Wildman–Crippen MR) is 114 cm³/mol. The lowest BCUT2D eigenvalue weighted by Gasteiger charge is -2.40. The fraction of sp³-hybridized carbons (Fsp3) is 0.950. The molecule has 4 aliphatic rings. The number of nitrogens with one attached hydrogen (secondary N) is 1. The maximum atomic E-state index is 13.0. The molecule has 0 aromatic heterocycles. The van der Waals surface area contributed by atoms with Gasteiger partial charge in [-0.25, -0.2) is 0 Å². The largest absolute Gasteiger partial charge is 0.379 e. The molecule has 0 saturated carbocycles. The molecule has 0 aliphatic carbocycles. The summed E-state index contributed by atoms with van der Waals surface area (Å²) in [4.78, 5) is 14.9. The number of carbonyl (C=O) groups is 1. The second-order valence-electron chi connectivity index (χ2n) is 8.79. The first-order valence-corrected chi connectivity index (χ1v) is 13.0. The van der Waals surface area contributed by atoms with Crippen LogP contribution in [-0.4, -0.2) is 112 Å². The van der Waals surface area contributed by atoms with E-state index < -0.39 is 16.0 Å². The van der Waals surface area contributed by atoms with Crippen molar-refractivity contribution in [3.8, 4) is 0 Å². The summed E-state index contributed by atoms with van der Waals surface area (Å²) in [5.41, 5.74) is 0. The van der Waals surface area contributed by atoms with Gasteiger partial charge in [-0.2, -0.15) is 17.0 Å². The molecule has 4 heterocycles. The highest BCUT2D eigenvalue weighted by atomic mass is 32.2. The van der Waals surface area contributed by atoms with Crippen molar-refractivity contribution in [3.63, 3.8) is 0 Å². The molecule has 0 aromatic carbocycles. The number of amides is 1. The van der Waals surface area contributed by atoms with E-state index >= 15 is 0 Å². The zero-order valence-electron chi connectivity index (χ0n) is 18.3. The van der Waals surface area contributed by atoms with Gasteiger partial charge in [-0.15, -0.1) is 0 Å². The van der Waals surface area contributed by atoms with E-state index in [-0.39, 0.29) is 11.8 Å². The number of rotatable bonds is 7. The Morgan fingerprint density at radius 3 is 2.16 bits per heavy atom. The highest BCUT2D eigenvalue weighted by Gasteiger charge is 2.44. The van der Waals surface area contributed by atoms with E-state index in [0.717, 1.165) is 39.3 Å². The van der Waals surface area contributed by atoms with Crippen LogP contribution in [0.1, 0.15) is 32.1 Å². The van der Waals surface area contributed by atoms with Crippen LogP contribution in [0.3, 0.4) is 0 Å². The zero-order chi connectivity index (χ0) is 21.7. The van der Waals surface area contributed by atoms with Gasteiger partial charge in [0.1, 0.15) is 0 Å². The highest BCUT2D eigenvalue weighted by Crippen LogP contribution is 2.33. The van der Waals surface area contributed by atoms with Gasteiger partial charge in [0, 0.05) is 64.6 Å². The molecule has 1 amide bonds. The quantitative estimate of drug-likeness (QED) is 0.517. The first-order chi connectivity index (χ1) is 15.0. The molecule has 4 aliphatic heterocycles. The second-order valence-corrected chi connectivity index (χ2v) is 10.7. The van der Waals surface area contributed by atoms with E-state index in [9.17, 15) is 13.2 Å². The number of ether oxygens (including phenoxy) is 3. The van der Waals surface area contributed by atoms with E-state index in [0.29, 0.717) is 71.6 Å². The van der Waals surface area contributed by atoms with Gasteiger partial charge in [0.25, 0.3) is 10.2 Å². The molecule has 0 radical (unpaired) electrons. The van der Waals surface area contributed by atoms with Crippen LogP contribution in [0.2, 0.25) is 0 Å². The zero-order valence-corrected chi connectivity index (χ0v) is 19.1. The third kappa shape index (κ3) is 5.76. The van der Waals surface area contributed by atoms with Gasteiger partial charge in [-0.3, -0.25) is 9.69 Å². The van der Waals surface area contributed by atoms with E-state index in [1.165, 1.54) is 8.61 Å². The first-order valence-electron chi connectivity index (χ1n) is 11.6. The van der Waals surface area contributed by atoms with E-state index in [1.807, 2.05) is 0 Å². The molecule has 0 aromatic rings. The summed E-state index contributed by atoms with van der Waals surface area (Å²) in [6.45, 7) is 7.87. The van der Waals surface area contributed by atoms with Crippen LogP contribution >= 0.6 is 0 Å². The minimum Gasteiger partial charge on any atom is -0.379 e. The Morgan fingerprint density at radius 1 is 0.903 bits per heavy atom. The van der Waals surface area contributed by atoms with Crippen molar-refractivity contribution in [3.05, 3.63) is 0 Å². The molecule has 0 atom stereocenters. The molecular formula is C20H36N4O6S. The summed E-state index contributed by atoms with van der Waals surface area (Å²) in [6.07, 6.45) is 3.19. The third-order valence-corrected chi connectivity index (χ3v) is 8.86. The SMILES string of the molecule is O=C(NCCCN1CCOCC1)C1CCN(S(=O)(=O)N2CCC3(CC2)OCCO3)CC1. The smallest absolute Gasteiger partial charge is 0.281 e. The van der Waals surface area contributed by atoms with Gasteiger partial charge in [-0.05, 0) is 25.8 Å². The van der Waals surface area contributed by atoms with Crippen LogP contribution in [-0.2, 0) is 29.2 Å². The Labute approximate surface area is 185 Å². The fourth-order valence-electron chi connectivity index (χ4n) is 4.84. The molecule has 0 unspecified atom stereocenters. The minimum atomic E-state index is -3.51. The maximum Gasteiger partial charge on any atom is 0.281 e. The molecule has 0 bridgehead atoms. The number of hydrogen-bond acceptors (Lipinski definition) is 7. The monoisotopic (exact) mass is 460 g/mol. The summed E-state index contributed by atoms with van der Waals surface area (Å²) in [5, 5.41) is 3.03. The average Bonchev–Trinajstić information content (AvgIpc) is 3.25. The van der Waals surface area contributed by atoms with Gasteiger partial charge >= 0.3 is 0 Å². The lowest BCUT2D eigenvalue weighted by molar-refractivity contribution is -0.179. The van der Waals surface area contributed by atoms with Gasteiger partial charge in [0.05, 0.1) is 26.4 Å². The molecule has 4 fully saturated rings. The molecule has 1 N–H and O–H groups in total. The van der Waals surface area contributed by atoms with Crippen molar-refractivity contribution in [2.75, 3.05) is 78.8 Å². The molecule has 11 heteroatoms. The Morgan fingerprint density at radius 2 is 1.52 bits per heavy atom. The molecule has 10 nitrogen and oxygen atoms in total. The molecule has 4 rings (SSSR count). The van der Waals surface area contributed by atoms with Gasteiger partial charge in [0.15, 0.2) is 5.79 Å². The normalized spacial score (nSPS) is 27.0. The Kier molecular flexibility index (Phi) is 7.84. The summed E-state index contributed by atoms with van der Waals surface area (Å²) in [6, 6.07) is 0. The molecule has 4 saturated heterocycles. The van der Waals surface area contributed by atoms with Crippen molar-refractivity contribution < 1.29 is 27.4 Å². The maximum absolute atomic E-state index is 13.0. The molecule has 31 heavy (non-hydrogen) atoms. The number of carbonyl (C=O) groups excluding carboxylic acids is 1. The van der Waals surface area contributed by atoms with Crippen molar-refractivity contribution in [2.24, 2.45) is 5.92 Å². The van der Waals surface area contributed by atoms with Crippen molar-refractivity contribution in [2.45, 2.75) is 37.9 Å². The molecule has 178 valence electrons. The van der Waals surface area contributed by atoms with Crippen LogP contribution in [0.15, 0.2) is 0 Å². The fourth-order valence-corrected chi connectivity index (χ4v) is 6.48. The molecule has 1 spiro atoms. The van der Waals surface area contributed by atoms with Gasteiger partial charge in [0.2, 0.25) is 5.91 Å². The van der Waals surface area contributed by atoms with E-state index in [2.05, 4.69) is 10.2 Å². The summed E-state index contributed by atoms with van der Waals surface area (Å²) in [7, 11) is -3.51. The lowest BCUT2D eigenvalue weighted by atomic mass is 9.97. The summed E-state index contributed by atoms with van der Waals surface area (Å²) in [5.74, 6) is -0.645. The summed E-state index contributed by atoms with van der Waals surface area (Å²) >= 11 is 0. The first kappa shape index (κ1) is 23.3. The van der Waals surface area contributed by atoms with Crippen molar-refractivity contribution >= 4 is 16.1 Å². The van der Waals surface area contributed by atoms with Gasteiger partial charge in [-0.1, -0.05) is 0 Å². The van der Waals surface area contributed by atoms with E-state index in [4.69, 9.17) is 14.2 Å². The topological polar surface area (TPSA) is 101 Å². The standard InChI is InChI=1S/C20H36N4O6S/c25-19(21-6-1-7-22-12-14-28-15-13-22)18-2-8-23(9-3-18)31(26,27)24-10-4-20(5-11-24)29-16-17-30-20/h18H,1-17H2,(H,21,25). The van der Waals surface area contributed by atoms with Gasteiger partial charge < -0.3 is 19.5 Å². The van der Waals surface area contributed by atoms with Crippen molar-refractivity contribution in [1.82, 2.24) is 18.8 Å². The van der Waals surface area contributed by atoms with E-state index in [1.54, 1.807) is 0 Å². The van der Waals surface area contributed by atoms with Crippen LogP contribution < -0.4 is 5.32 Å². The molecular weight excluding hydrogens is 424 g/mol. The predicted octanol–water partition coefficient (Wildman–Crippen LogP) is -0.379. The number of nitrogens with zero attached hydrogens (tertiary/aromatic N) is 3. The number of hydrogen-bond donors (Lipinski definition) is 1. The van der Waals surface area contributed by atoms with Crippen LogP contribution in [0.5, 0.6) is 0 Å². The highest BCUT2D eigenvalue weighted by molar-refractivity contribution is 7.86. The Bertz CT molecular complexity index is 690. The number of morpholine rings is 1.